The van der Waals surface area contributed by atoms with Crippen molar-refractivity contribution in [1.82, 2.24) is 0 Å². The van der Waals surface area contributed by atoms with E-state index in [1.165, 1.54) is 11.8 Å². The van der Waals surface area contributed by atoms with E-state index >= 15 is 0 Å². The van der Waals surface area contributed by atoms with Crippen LogP contribution in [-0.2, 0) is 29.0 Å². The van der Waals surface area contributed by atoms with Crippen LogP contribution in [0.25, 0.3) is 0 Å². The van der Waals surface area contributed by atoms with E-state index in [0.717, 1.165) is 44.7 Å². The number of aryl methyl sites for hydroxylation is 3. The average Bonchev–Trinajstić information content (AvgIpc) is 0.832. The van der Waals surface area contributed by atoms with Gasteiger partial charge in [-0.25, -0.2) is 28.8 Å². The van der Waals surface area contributed by atoms with Crippen molar-refractivity contribution in [2.75, 3.05) is 7.11 Å². The molecule has 0 saturated heterocycles. The number of carbonyl (C=O) groups is 6. The lowest BCUT2D eigenvalue weighted by molar-refractivity contribution is 0.0503. The van der Waals surface area contributed by atoms with Gasteiger partial charge in [-0.3, -0.25) is 0 Å². The molecule has 0 atom stereocenters. The molecule has 0 aliphatic heterocycles. The molecule has 0 fully saturated rings. The van der Waals surface area contributed by atoms with Gasteiger partial charge in [0.25, 0.3) is 0 Å². The summed E-state index contributed by atoms with van der Waals surface area (Å²) in [5, 5.41) is 23.9. The molecule has 0 spiro atoms. The van der Waals surface area contributed by atoms with Crippen molar-refractivity contribution in [3.63, 3.8) is 0 Å². The minimum Gasteiger partial charge on any atom is -0.497 e. The number of hydrogen-bond acceptors (Lipinski definition) is 19. The zero-order chi connectivity index (χ0) is 81.2. The quantitative estimate of drug-likeness (QED) is 0.0370. The van der Waals surface area contributed by atoms with Gasteiger partial charge < -0.3 is 33.8 Å². The lowest BCUT2D eigenvalue weighted by atomic mass is 9.97. The third-order valence-corrected chi connectivity index (χ3v) is 16.3. The van der Waals surface area contributed by atoms with Crippen molar-refractivity contribution < 1.29 is 62.5 Å². The molecule has 0 bridgehead atoms. The highest BCUT2D eigenvalue weighted by Gasteiger charge is 2.21. The summed E-state index contributed by atoms with van der Waals surface area (Å²) in [5.41, 5.74) is 14.3. The fourth-order valence-electron chi connectivity index (χ4n) is 10.7. The smallest absolute Gasteiger partial charge is 0.365 e. The molecular formula is C96H80N6O13. The lowest BCUT2D eigenvalue weighted by Crippen LogP contribution is -2.20. The molecule has 0 amide bonds. The summed E-state index contributed by atoms with van der Waals surface area (Å²) in [6, 6.07) is 111. The molecule has 19 heteroatoms. The van der Waals surface area contributed by atoms with Crippen LogP contribution in [0.3, 0.4) is 0 Å². The summed E-state index contributed by atoms with van der Waals surface area (Å²) in [6.45, 7) is 9.76. The number of carbonyl (C=O) groups excluding carboxylic acids is 6. The second kappa shape index (κ2) is 45.5. The average molecular weight is 1530 g/mol. The van der Waals surface area contributed by atoms with Crippen LogP contribution in [0, 0.1) is 20.8 Å². The number of oxime groups is 6. The van der Waals surface area contributed by atoms with Gasteiger partial charge in [-0.2, -0.15) is 0 Å². The zero-order valence-corrected chi connectivity index (χ0v) is 63.8. The van der Waals surface area contributed by atoms with Gasteiger partial charge in [-0.1, -0.05) is 309 Å². The minimum absolute atomic E-state index is 0.233. The predicted molar refractivity (Wildman–Crippen MR) is 448 cm³/mol. The van der Waals surface area contributed by atoms with Crippen molar-refractivity contribution in [3.8, 4) is 5.75 Å². The molecule has 0 aromatic heterocycles. The number of benzene rings is 13. The maximum absolute atomic E-state index is 12.5. The van der Waals surface area contributed by atoms with Gasteiger partial charge in [0, 0.05) is 27.8 Å². The third kappa shape index (κ3) is 27.2. The maximum Gasteiger partial charge on any atom is 0.365 e. The highest BCUT2D eigenvalue weighted by atomic mass is 16.7. The lowest BCUT2D eigenvalue weighted by Gasteiger charge is -2.10. The number of rotatable bonds is 21. The Morgan fingerprint density at radius 1 is 0.261 bits per heavy atom. The normalized spacial score (nSPS) is 10.9. The van der Waals surface area contributed by atoms with Crippen LogP contribution >= 0.6 is 0 Å². The Labute approximate surface area is 667 Å². The van der Waals surface area contributed by atoms with E-state index in [2.05, 4.69) is 50.0 Å². The molecule has 572 valence electrons. The number of methoxy groups -OCH3 is 1. The Balaban J connectivity index is 0.000000168. The number of nitrogens with zero attached hydrogens (tertiary/aromatic N) is 6. The first kappa shape index (κ1) is 83.5. The SMILES string of the molecule is C/C(=N\OC(=O)c1ccccc1)c1c(C)cc(C)cc1C.COc1ccc(/C(C)=N/OC(=O)c2ccccc2)cc1.O=C(O/N=C(\C(=N/OC(=O)c1ccccc1)c1ccccc1)c1ccccc1)c1ccccc1.O=C(O/N=C/c1ccccc1)c1ccccc1.O=C(ON=C(c1ccccc1)c1ccccc1)c1ccccc1. The monoisotopic (exact) mass is 1520 g/mol. The Morgan fingerprint density at radius 3 is 0.817 bits per heavy atom. The van der Waals surface area contributed by atoms with Crippen LogP contribution in [-0.4, -0.2) is 77.7 Å². The zero-order valence-electron chi connectivity index (χ0n) is 63.8. The summed E-state index contributed by atoms with van der Waals surface area (Å²) < 4.78 is 5.08. The van der Waals surface area contributed by atoms with E-state index < -0.39 is 35.8 Å². The second-order valence-electron chi connectivity index (χ2n) is 24.8. The molecule has 0 aliphatic carbocycles. The van der Waals surface area contributed by atoms with Gasteiger partial charge in [-0.15, -0.1) is 0 Å². The van der Waals surface area contributed by atoms with Crippen LogP contribution in [0.5, 0.6) is 5.75 Å². The number of ether oxygens (including phenoxy) is 1. The molecule has 13 aromatic carbocycles. The van der Waals surface area contributed by atoms with Crippen LogP contribution in [0.2, 0.25) is 0 Å². The molecular weight excluding hydrogens is 1450 g/mol. The standard InChI is InChI=1S/C28H20N2O4.C20H15NO2.C18H19NO2.C16H15NO3.C14H11NO2/c31-27(23-17-9-3-10-18-23)33-29-25(21-13-5-1-6-14-21)26(22-15-7-2-8-16-22)30-34-28(32)24-19-11-4-12-20-24;22-20(18-14-8-3-9-15-18)23-21-19(16-10-4-1-5-11-16)17-12-6-2-7-13-17;1-12-10-13(2)17(14(3)11-12)15(4)19-21-18(20)16-8-6-5-7-9-16;1-12(13-8-10-15(19-2)11-9-13)17-20-16(18)14-6-4-3-5-7-14;16-14(13-9-5-2-6-10-13)17-15-11-12-7-3-1-4-8-12/h1-20H;1-15H;5-11H,1-4H3;3-11H,1-2H3;1-11H/b29-25-,30-26-;;19-15+;17-12+;15-11+. The molecule has 0 saturated carbocycles. The first-order chi connectivity index (χ1) is 56.1. The highest BCUT2D eigenvalue weighted by Crippen LogP contribution is 2.20. The van der Waals surface area contributed by atoms with Gasteiger partial charge in [0.2, 0.25) is 0 Å². The van der Waals surface area contributed by atoms with E-state index in [1.54, 1.807) is 196 Å². The van der Waals surface area contributed by atoms with E-state index in [-0.39, 0.29) is 11.4 Å². The minimum atomic E-state index is -0.622. The molecule has 13 aromatic rings. The molecule has 0 N–H and O–H groups in total. The molecule has 0 unspecified atom stereocenters. The summed E-state index contributed by atoms with van der Waals surface area (Å²) in [7, 11) is 1.61. The molecule has 0 aliphatic rings. The van der Waals surface area contributed by atoms with E-state index in [1.807, 2.05) is 197 Å². The van der Waals surface area contributed by atoms with Crippen molar-refractivity contribution >= 4 is 70.6 Å². The van der Waals surface area contributed by atoms with Gasteiger partial charge >= 0.3 is 35.8 Å². The van der Waals surface area contributed by atoms with Crippen molar-refractivity contribution in [3.05, 3.63) is 459 Å². The fourth-order valence-corrected chi connectivity index (χ4v) is 10.7. The maximum atomic E-state index is 12.5. The topological polar surface area (TPSA) is 241 Å². The van der Waals surface area contributed by atoms with Crippen LogP contribution in [0.4, 0.5) is 0 Å². The summed E-state index contributed by atoms with van der Waals surface area (Å²) in [4.78, 5) is 103. The van der Waals surface area contributed by atoms with E-state index in [9.17, 15) is 28.8 Å². The van der Waals surface area contributed by atoms with Crippen molar-refractivity contribution in [1.29, 1.82) is 0 Å². The van der Waals surface area contributed by atoms with Gasteiger partial charge in [0.15, 0.2) is 0 Å². The van der Waals surface area contributed by atoms with E-state index in [0.29, 0.717) is 61.6 Å². The molecule has 0 heterocycles. The molecule has 13 rings (SSSR count). The molecule has 115 heavy (non-hydrogen) atoms. The fraction of sp³-hybridized carbons (Fsp3) is 0.0625. The van der Waals surface area contributed by atoms with Gasteiger partial charge in [0.1, 0.15) is 22.9 Å². The first-order valence-electron chi connectivity index (χ1n) is 36.1. The van der Waals surface area contributed by atoms with Crippen LogP contribution < -0.4 is 4.74 Å². The first-order valence-corrected chi connectivity index (χ1v) is 36.1. The Morgan fingerprint density at radius 2 is 0.513 bits per heavy atom. The Bertz CT molecular complexity index is 5290. The van der Waals surface area contributed by atoms with Crippen LogP contribution in [0.1, 0.15) is 132 Å². The van der Waals surface area contributed by atoms with Gasteiger partial charge in [-0.05, 0) is 154 Å². The molecule has 0 radical (unpaired) electrons. The highest BCUT2D eigenvalue weighted by molar-refractivity contribution is 6.53. The van der Waals surface area contributed by atoms with Crippen molar-refractivity contribution in [2.45, 2.75) is 34.6 Å². The van der Waals surface area contributed by atoms with Crippen molar-refractivity contribution in [2.24, 2.45) is 30.9 Å². The Kier molecular flexibility index (Phi) is 33.0. The number of hydrogen-bond donors (Lipinski definition) is 0. The molecule has 19 nitrogen and oxygen atoms in total. The van der Waals surface area contributed by atoms with Crippen LogP contribution in [0.15, 0.2) is 401 Å². The predicted octanol–water partition coefficient (Wildman–Crippen LogP) is 20.2. The summed E-state index contributed by atoms with van der Waals surface area (Å²) in [5.74, 6) is -2.34. The third-order valence-electron chi connectivity index (χ3n) is 16.3. The summed E-state index contributed by atoms with van der Waals surface area (Å²) >= 11 is 0. The van der Waals surface area contributed by atoms with Gasteiger partial charge in [0.05, 0.1) is 58.1 Å². The second-order valence-corrected chi connectivity index (χ2v) is 24.8. The largest absolute Gasteiger partial charge is 0.497 e. The van der Waals surface area contributed by atoms with E-state index in [4.69, 9.17) is 33.8 Å². The summed E-state index contributed by atoms with van der Waals surface area (Å²) in [6.07, 6.45) is 1.50. The Hall–Kier alpha value is -15.5.